The van der Waals surface area contributed by atoms with Crippen LogP contribution >= 0.6 is 11.3 Å². The SMILES string of the molecule is NC(CCc1cccs1)C1CCC(F)(F)CC1. The fraction of sp³-hybridized carbons (Fsp3) is 0.692. The topological polar surface area (TPSA) is 26.0 Å². The first-order valence-corrected chi connectivity index (χ1v) is 7.10. The summed E-state index contributed by atoms with van der Waals surface area (Å²) in [7, 11) is 0. The molecule has 0 radical (unpaired) electrons. The number of thiophene rings is 1. The molecule has 0 bridgehead atoms. The quantitative estimate of drug-likeness (QED) is 0.873. The second kappa shape index (κ2) is 5.44. The van der Waals surface area contributed by atoms with Gasteiger partial charge in [0.15, 0.2) is 0 Å². The van der Waals surface area contributed by atoms with Crippen LogP contribution in [-0.2, 0) is 6.42 Å². The molecule has 2 rings (SSSR count). The van der Waals surface area contributed by atoms with Crippen LogP contribution in [0.4, 0.5) is 8.78 Å². The first-order chi connectivity index (χ1) is 8.07. The number of halogens is 2. The minimum atomic E-state index is -2.44. The zero-order chi connectivity index (χ0) is 12.3. The normalized spacial score (nSPS) is 22.5. The lowest BCUT2D eigenvalue weighted by atomic mass is 9.81. The van der Waals surface area contributed by atoms with Crippen LogP contribution in [-0.4, -0.2) is 12.0 Å². The Morgan fingerprint density at radius 2 is 2.12 bits per heavy atom. The van der Waals surface area contributed by atoms with Gasteiger partial charge in [-0.1, -0.05) is 6.07 Å². The second-order valence-corrected chi connectivity index (χ2v) is 6.01. The third kappa shape index (κ3) is 3.75. The van der Waals surface area contributed by atoms with Gasteiger partial charge in [0, 0.05) is 23.8 Å². The molecule has 1 fully saturated rings. The van der Waals surface area contributed by atoms with Gasteiger partial charge in [0.2, 0.25) is 5.92 Å². The molecule has 1 nitrogen and oxygen atoms in total. The van der Waals surface area contributed by atoms with E-state index in [4.69, 9.17) is 5.73 Å². The second-order valence-electron chi connectivity index (χ2n) is 4.98. The minimum Gasteiger partial charge on any atom is -0.327 e. The van der Waals surface area contributed by atoms with Crippen molar-refractivity contribution in [3.05, 3.63) is 22.4 Å². The van der Waals surface area contributed by atoms with Crippen molar-refractivity contribution in [1.82, 2.24) is 0 Å². The van der Waals surface area contributed by atoms with Crippen molar-refractivity contribution in [3.63, 3.8) is 0 Å². The van der Waals surface area contributed by atoms with E-state index in [1.54, 1.807) is 11.3 Å². The first kappa shape index (κ1) is 13.0. The molecule has 4 heteroatoms. The van der Waals surface area contributed by atoms with E-state index in [-0.39, 0.29) is 24.8 Å². The van der Waals surface area contributed by atoms with E-state index in [1.807, 2.05) is 6.07 Å². The van der Waals surface area contributed by atoms with Gasteiger partial charge in [-0.05, 0) is 43.0 Å². The molecule has 1 unspecified atom stereocenters. The molecule has 1 atom stereocenters. The predicted octanol–water partition coefficient (Wildman–Crippen LogP) is 3.83. The van der Waals surface area contributed by atoms with E-state index < -0.39 is 5.92 Å². The summed E-state index contributed by atoms with van der Waals surface area (Å²) in [4.78, 5) is 1.33. The Kier molecular flexibility index (Phi) is 4.15. The van der Waals surface area contributed by atoms with Crippen molar-refractivity contribution >= 4 is 11.3 Å². The summed E-state index contributed by atoms with van der Waals surface area (Å²) in [6, 6.07) is 4.22. The maximum atomic E-state index is 13.0. The first-order valence-electron chi connectivity index (χ1n) is 6.23. The maximum absolute atomic E-state index is 13.0. The van der Waals surface area contributed by atoms with Crippen molar-refractivity contribution in [3.8, 4) is 0 Å². The summed E-state index contributed by atoms with van der Waals surface area (Å²) in [6.45, 7) is 0. The summed E-state index contributed by atoms with van der Waals surface area (Å²) in [5.41, 5.74) is 6.11. The molecule has 1 saturated carbocycles. The van der Waals surface area contributed by atoms with Gasteiger partial charge in [-0.3, -0.25) is 0 Å². The number of aryl methyl sites for hydroxylation is 1. The highest BCUT2D eigenvalue weighted by atomic mass is 32.1. The Morgan fingerprint density at radius 3 is 2.71 bits per heavy atom. The van der Waals surface area contributed by atoms with Crippen LogP contribution in [0.2, 0.25) is 0 Å². The Labute approximate surface area is 105 Å². The molecule has 1 aliphatic carbocycles. The molecule has 0 aromatic carbocycles. The Hall–Kier alpha value is -0.480. The van der Waals surface area contributed by atoms with Crippen molar-refractivity contribution in [2.24, 2.45) is 11.7 Å². The van der Waals surface area contributed by atoms with Crippen LogP contribution in [0.25, 0.3) is 0 Å². The van der Waals surface area contributed by atoms with Crippen molar-refractivity contribution < 1.29 is 8.78 Å². The molecule has 17 heavy (non-hydrogen) atoms. The van der Waals surface area contributed by atoms with Gasteiger partial charge in [0.1, 0.15) is 0 Å². The minimum absolute atomic E-state index is 0.0182. The van der Waals surface area contributed by atoms with Crippen LogP contribution in [0.3, 0.4) is 0 Å². The monoisotopic (exact) mass is 259 g/mol. The molecular weight excluding hydrogens is 240 g/mol. The van der Waals surface area contributed by atoms with Crippen LogP contribution in [0.1, 0.15) is 37.0 Å². The van der Waals surface area contributed by atoms with Gasteiger partial charge < -0.3 is 5.73 Å². The third-order valence-electron chi connectivity index (χ3n) is 3.67. The molecule has 0 spiro atoms. The highest BCUT2D eigenvalue weighted by Gasteiger charge is 2.36. The summed E-state index contributed by atoms with van der Waals surface area (Å²) < 4.78 is 26.0. The van der Waals surface area contributed by atoms with Crippen molar-refractivity contribution in [2.75, 3.05) is 0 Å². The van der Waals surface area contributed by atoms with Gasteiger partial charge in [0.05, 0.1) is 0 Å². The van der Waals surface area contributed by atoms with Crippen LogP contribution < -0.4 is 5.73 Å². The molecular formula is C13H19F2NS. The molecule has 0 amide bonds. The lowest BCUT2D eigenvalue weighted by Crippen LogP contribution is -2.36. The van der Waals surface area contributed by atoms with Gasteiger partial charge in [0.25, 0.3) is 0 Å². The van der Waals surface area contributed by atoms with Gasteiger partial charge in [-0.15, -0.1) is 11.3 Å². The largest absolute Gasteiger partial charge is 0.327 e. The van der Waals surface area contributed by atoms with E-state index in [0.29, 0.717) is 12.8 Å². The number of alkyl halides is 2. The molecule has 1 aromatic rings. The van der Waals surface area contributed by atoms with Crippen LogP contribution in [0.15, 0.2) is 17.5 Å². The summed E-state index contributed by atoms with van der Waals surface area (Å²) >= 11 is 1.74. The summed E-state index contributed by atoms with van der Waals surface area (Å²) in [5, 5.41) is 2.06. The Balaban J connectivity index is 1.75. The average Bonchev–Trinajstić information content (AvgIpc) is 2.78. The number of nitrogens with two attached hydrogens (primary N) is 1. The number of rotatable bonds is 4. The van der Waals surface area contributed by atoms with E-state index >= 15 is 0 Å². The number of hydrogen-bond donors (Lipinski definition) is 1. The highest BCUT2D eigenvalue weighted by molar-refractivity contribution is 7.09. The summed E-state index contributed by atoms with van der Waals surface area (Å²) in [5.74, 6) is -2.15. The van der Waals surface area contributed by atoms with Gasteiger partial charge in [-0.25, -0.2) is 8.78 Å². The zero-order valence-corrected chi connectivity index (χ0v) is 10.7. The van der Waals surface area contributed by atoms with Crippen molar-refractivity contribution in [1.29, 1.82) is 0 Å². The van der Waals surface area contributed by atoms with Crippen molar-refractivity contribution in [2.45, 2.75) is 50.5 Å². The smallest absolute Gasteiger partial charge is 0.248 e. The molecule has 2 N–H and O–H groups in total. The van der Waals surface area contributed by atoms with Crippen LogP contribution in [0, 0.1) is 5.92 Å². The molecule has 96 valence electrons. The predicted molar refractivity (Wildman–Crippen MR) is 67.5 cm³/mol. The fourth-order valence-electron chi connectivity index (χ4n) is 2.49. The lowest BCUT2D eigenvalue weighted by Gasteiger charge is -2.31. The molecule has 1 aromatic heterocycles. The van der Waals surface area contributed by atoms with Gasteiger partial charge in [-0.2, -0.15) is 0 Å². The lowest BCUT2D eigenvalue weighted by molar-refractivity contribution is -0.0484. The fourth-order valence-corrected chi connectivity index (χ4v) is 3.21. The molecule has 1 aliphatic rings. The maximum Gasteiger partial charge on any atom is 0.248 e. The number of hydrogen-bond acceptors (Lipinski definition) is 2. The van der Waals surface area contributed by atoms with Crippen LogP contribution in [0.5, 0.6) is 0 Å². The average molecular weight is 259 g/mol. The van der Waals surface area contributed by atoms with E-state index in [0.717, 1.165) is 12.8 Å². The highest BCUT2D eigenvalue weighted by Crippen LogP contribution is 2.37. The third-order valence-corrected chi connectivity index (χ3v) is 4.61. The summed E-state index contributed by atoms with van der Waals surface area (Å²) in [6.07, 6.45) is 3.09. The Morgan fingerprint density at radius 1 is 1.41 bits per heavy atom. The molecule has 1 heterocycles. The van der Waals surface area contributed by atoms with E-state index in [2.05, 4.69) is 11.4 Å². The zero-order valence-electron chi connectivity index (χ0n) is 9.87. The molecule has 0 saturated heterocycles. The standard InChI is InChI=1S/C13H19F2NS/c14-13(15)7-5-10(6-8-13)12(16)4-3-11-2-1-9-17-11/h1-2,9-10,12H,3-8,16H2. The van der Waals surface area contributed by atoms with E-state index in [1.165, 1.54) is 4.88 Å². The Bertz CT molecular complexity index is 327. The van der Waals surface area contributed by atoms with E-state index in [9.17, 15) is 8.78 Å². The molecule has 0 aliphatic heterocycles. The van der Waals surface area contributed by atoms with Gasteiger partial charge >= 0.3 is 0 Å².